The number of rotatable bonds is 7. The zero-order valence-electron chi connectivity index (χ0n) is 10.0. The molecule has 0 bridgehead atoms. The van der Waals surface area contributed by atoms with Crippen LogP contribution in [0.2, 0.25) is 0 Å². The number of methoxy groups -OCH3 is 2. The van der Waals surface area contributed by atoms with Crippen LogP contribution in [-0.2, 0) is 9.47 Å². The third kappa shape index (κ3) is 5.54. The molecule has 0 aromatic carbocycles. The molecular formula is C10H24N2O2. The molecule has 0 saturated heterocycles. The lowest BCUT2D eigenvalue weighted by Crippen LogP contribution is -2.40. The van der Waals surface area contributed by atoms with Crippen molar-refractivity contribution < 1.29 is 9.47 Å². The molecule has 4 heteroatoms. The van der Waals surface area contributed by atoms with Crippen molar-refractivity contribution >= 4 is 0 Å². The Morgan fingerprint density at radius 2 is 1.79 bits per heavy atom. The van der Waals surface area contributed by atoms with Gasteiger partial charge in [-0.2, -0.15) is 0 Å². The molecule has 0 spiro atoms. The first-order valence-corrected chi connectivity index (χ1v) is 4.89. The molecule has 0 radical (unpaired) electrons. The Balaban J connectivity index is 3.90. The van der Waals surface area contributed by atoms with Crippen molar-refractivity contribution in [1.82, 2.24) is 4.90 Å². The van der Waals surface area contributed by atoms with Crippen LogP contribution in [-0.4, -0.2) is 52.1 Å². The Hall–Kier alpha value is -0.160. The molecule has 0 aromatic rings. The van der Waals surface area contributed by atoms with Gasteiger partial charge in [-0.25, -0.2) is 0 Å². The van der Waals surface area contributed by atoms with Crippen LogP contribution in [0.3, 0.4) is 0 Å². The van der Waals surface area contributed by atoms with E-state index in [0.29, 0.717) is 6.54 Å². The van der Waals surface area contributed by atoms with Crippen LogP contribution in [0.5, 0.6) is 0 Å². The van der Waals surface area contributed by atoms with Gasteiger partial charge in [-0.15, -0.1) is 0 Å². The van der Waals surface area contributed by atoms with Gasteiger partial charge >= 0.3 is 0 Å². The first kappa shape index (κ1) is 13.8. The molecule has 2 N–H and O–H groups in total. The first-order valence-electron chi connectivity index (χ1n) is 4.89. The lowest BCUT2D eigenvalue weighted by molar-refractivity contribution is -0.115. The summed E-state index contributed by atoms with van der Waals surface area (Å²) >= 11 is 0. The minimum atomic E-state index is -0.159. The SMILES string of the molecule is COC(CN(C)CC(C)(C)CN)OC. The lowest BCUT2D eigenvalue weighted by Gasteiger charge is -2.30. The van der Waals surface area contributed by atoms with Crippen molar-refractivity contribution in [1.29, 1.82) is 0 Å². The Labute approximate surface area is 87.4 Å². The van der Waals surface area contributed by atoms with Gasteiger partial charge in [0, 0.05) is 27.3 Å². The maximum atomic E-state index is 5.66. The molecule has 0 unspecified atom stereocenters. The summed E-state index contributed by atoms with van der Waals surface area (Å²) in [5.41, 5.74) is 5.80. The monoisotopic (exact) mass is 204 g/mol. The van der Waals surface area contributed by atoms with E-state index >= 15 is 0 Å². The summed E-state index contributed by atoms with van der Waals surface area (Å²) in [7, 11) is 5.34. The summed E-state index contributed by atoms with van der Waals surface area (Å²) in [6, 6.07) is 0. The molecule has 0 amide bonds. The van der Waals surface area contributed by atoms with Crippen LogP contribution < -0.4 is 5.73 Å². The van der Waals surface area contributed by atoms with E-state index in [9.17, 15) is 0 Å². The molecular weight excluding hydrogens is 180 g/mol. The molecule has 14 heavy (non-hydrogen) atoms. The topological polar surface area (TPSA) is 47.7 Å². The molecule has 0 heterocycles. The second kappa shape index (κ2) is 6.35. The van der Waals surface area contributed by atoms with E-state index in [1.165, 1.54) is 0 Å². The highest BCUT2D eigenvalue weighted by molar-refractivity contribution is 4.73. The maximum absolute atomic E-state index is 5.66. The van der Waals surface area contributed by atoms with Gasteiger partial charge in [-0.05, 0) is 19.0 Å². The number of ether oxygens (including phenoxy) is 2. The van der Waals surface area contributed by atoms with Gasteiger partial charge in [0.2, 0.25) is 0 Å². The normalized spacial score (nSPS) is 12.9. The van der Waals surface area contributed by atoms with E-state index in [1.807, 2.05) is 7.05 Å². The predicted molar refractivity (Wildman–Crippen MR) is 58.1 cm³/mol. The van der Waals surface area contributed by atoms with Gasteiger partial charge in [0.05, 0.1) is 0 Å². The fraction of sp³-hybridized carbons (Fsp3) is 1.00. The summed E-state index contributed by atoms with van der Waals surface area (Å²) in [4.78, 5) is 2.17. The standard InChI is InChI=1S/C10H24N2O2/c1-10(2,7-11)8-12(3)6-9(13-4)14-5/h9H,6-8,11H2,1-5H3. The van der Waals surface area contributed by atoms with Crippen LogP contribution in [0.4, 0.5) is 0 Å². The van der Waals surface area contributed by atoms with Crippen molar-refractivity contribution in [2.24, 2.45) is 11.1 Å². The third-order valence-electron chi connectivity index (χ3n) is 2.24. The van der Waals surface area contributed by atoms with Crippen LogP contribution in [0.15, 0.2) is 0 Å². The van der Waals surface area contributed by atoms with Crippen molar-refractivity contribution in [2.75, 3.05) is 40.9 Å². The average molecular weight is 204 g/mol. The zero-order valence-corrected chi connectivity index (χ0v) is 10.0. The number of likely N-dealkylation sites (N-methyl/N-ethyl adjacent to an activating group) is 1. The highest BCUT2D eigenvalue weighted by Crippen LogP contribution is 2.14. The molecule has 86 valence electrons. The Morgan fingerprint density at radius 3 is 2.14 bits per heavy atom. The molecule has 0 rings (SSSR count). The number of hydrogen-bond acceptors (Lipinski definition) is 4. The predicted octanol–water partition coefficient (Wildman–Crippen LogP) is 0.522. The lowest BCUT2D eigenvalue weighted by atomic mass is 9.93. The summed E-state index contributed by atoms with van der Waals surface area (Å²) in [5.74, 6) is 0. The average Bonchev–Trinajstić information content (AvgIpc) is 2.13. The van der Waals surface area contributed by atoms with Crippen molar-refractivity contribution in [3.8, 4) is 0 Å². The molecule has 0 aliphatic heterocycles. The number of nitrogens with zero attached hydrogens (tertiary/aromatic N) is 1. The largest absolute Gasteiger partial charge is 0.355 e. The minimum Gasteiger partial charge on any atom is -0.355 e. The molecule has 4 nitrogen and oxygen atoms in total. The van der Waals surface area contributed by atoms with E-state index in [-0.39, 0.29) is 11.7 Å². The highest BCUT2D eigenvalue weighted by Gasteiger charge is 2.19. The van der Waals surface area contributed by atoms with E-state index in [0.717, 1.165) is 13.1 Å². The van der Waals surface area contributed by atoms with E-state index < -0.39 is 0 Å². The van der Waals surface area contributed by atoms with Crippen molar-refractivity contribution in [2.45, 2.75) is 20.1 Å². The van der Waals surface area contributed by atoms with Gasteiger partial charge in [-0.3, -0.25) is 0 Å². The van der Waals surface area contributed by atoms with Crippen molar-refractivity contribution in [3.05, 3.63) is 0 Å². The van der Waals surface area contributed by atoms with Gasteiger partial charge in [0.1, 0.15) is 0 Å². The van der Waals surface area contributed by atoms with Crippen LogP contribution in [0, 0.1) is 5.41 Å². The summed E-state index contributed by atoms with van der Waals surface area (Å²) in [6.45, 7) is 6.68. The van der Waals surface area contributed by atoms with E-state index in [4.69, 9.17) is 15.2 Å². The third-order valence-corrected chi connectivity index (χ3v) is 2.24. The molecule has 0 saturated carbocycles. The van der Waals surface area contributed by atoms with Gasteiger partial charge < -0.3 is 20.1 Å². The quantitative estimate of drug-likeness (QED) is 0.614. The van der Waals surface area contributed by atoms with Crippen LogP contribution >= 0.6 is 0 Å². The molecule has 0 aliphatic rings. The Morgan fingerprint density at radius 1 is 1.29 bits per heavy atom. The molecule has 0 aromatic heterocycles. The first-order chi connectivity index (χ1) is 6.45. The Kier molecular flexibility index (Phi) is 6.27. The van der Waals surface area contributed by atoms with E-state index in [2.05, 4.69) is 18.7 Å². The highest BCUT2D eigenvalue weighted by atomic mass is 16.7. The molecule has 0 atom stereocenters. The maximum Gasteiger partial charge on any atom is 0.169 e. The van der Waals surface area contributed by atoms with Crippen LogP contribution in [0.25, 0.3) is 0 Å². The summed E-state index contributed by atoms with van der Waals surface area (Å²) in [5, 5.41) is 0. The fourth-order valence-electron chi connectivity index (χ4n) is 1.36. The molecule has 0 aliphatic carbocycles. The number of hydrogen-bond donors (Lipinski definition) is 1. The van der Waals surface area contributed by atoms with Crippen molar-refractivity contribution in [3.63, 3.8) is 0 Å². The smallest absolute Gasteiger partial charge is 0.169 e. The number of nitrogens with two attached hydrogens (primary N) is 1. The molecule has 0 fully saturated rings. The van der Waals surface area contributed by atoms with Gasteiger partial charge in [0.25, 0.3) is 0 Å². The van der Waals surface area contributed by atoms with Crippen LogP contribution in [0.1, 0.15) is 13.8 Å². The fourth-order valence-corrected chi connectivity index (χ4v) is 1.36. The second-order valence-corrected chi connectivity index (χ2v) is 4.47. The summed E-state index contributed by atoms with van der Waals surface area (Å²) < 4.78 is 10.2. The summed E-state index contributed by atoms with van der Waals surface area (Å²) in [6.07, 6.45) is -0.159. The second-order valence-electron chi connectivity index (χ2n) is 4.47. The van der Waals surface area contributed by atoms with Gasteiger partial charge in [-0.1, -0.05) is 13.8 Å². The minimum absolute atomic E-state index is 0.140. The zero-order chi connectivity index (χ0) is 11.2. The Bertz CT molecular complexity index is 147. The van der Waals surface area contributed by atoms with Gasteiger partial charge in [0.15, 0.2) is 6.29 Å². The van der Waals surface area contributed by atoms with E-state index in [1.54, 1.807) is 14.2 Å².